The highest BCUT2D eigenvalue weighted by Gasteiger charge is 2.37. The molecule has 2 bridgehead atoms. The van der Waals surface area contributed by atoms with Crippen molar-refractivity contribution >= 4 is 0 Å². The van der Waals surface area contributed by atoms with Gasteiger partial charge in [-0.25, -0.2) is 0 Å². The second-order valence-corrected chi connectivity index (χ2v) is 6.25. The molecule has 3 saturated heterocycles. The Balaban J connectivity index is 1.82. The first-order valence-electron chi connectivity index (χ1n) is 8.04. The molecule has 0 aromatic heterocycles. The van der Waals surface area contributed by atoms with Crippen molar-refractivity contribution in [2.75, 3.05) is 39.3 Å². The smallest absolute Gasteiger partial charge is 0.0490 e. The second-order valence-electron chi connectivity index (χ2n) is 6.25. The van der Waals surface area contributed by atoms with Crippen molar-refractivity contribution in [3.8, 4) is 0 Å². The first kappa shape index (κ1) is 14.1. The van der Waals surface area contributed by atoms with Crippen molar-refractivity contribution in [2.45, 2.75) is 32.4 Å². The van der Waals surface area contributed by atoms with Crippen molar-refractivity contribution in [1.29, 1.82) is 0 Å². The van der Waals surface area contributed by atoms with Crippen molar-refractivity contribution in [1.82, 2.24) is 15.1 Å². The number of piperazine rings is 3. The van der Waals surface area contributed by atoms with Crippen LogP contribution in [-0.4, -0.2) is 55.1 Å². The lowest BCUT2D eigenvalue weighted by Gasteiger charge is -2.50. The van der Waals surface area contributed by atoms with Crippen LogP contribution in [0.25, 0.3) is 0 Å². The molecule has 3 fully saturated rings. The molecule has 3 heterocycles. The predicted molar refractivity (Wildman–Crippen MR) is 84.0 cm³/mol. The molecule has 1 aromatic carbocycles. The Labute approximate surface area is 123 Å². The summed E-state index contributed by atoms with van der Waals surface area (Å²) in [5.74, 6) is 0. The molecule has 3 aliphatic heterocycles. The molecule has 0 amide bonds. The first-order chi connectivity index (χ1) is 9.78. The van der Waals surface area contributed by atoms with Gasteiger partial charge in [0.05, 0.1) is 0 Å². The summed E-state index contributed by atoms with van der Waals surface area (Å²) in [6.07, 6.45) is 1.19. The molecule has 3 heteroatoms. The van der Waals surface area contributed by atoms with E-state index in [1.165, 1.54) is 50.3 Å². The Bertz CT molecular complexity index is 438. The molecule has 2 atom stereocenters. The quantitative estimate of drug-likeness (QED) is 0.885. The van der Waals surface area contributed by atoms with Gasteiger partial charge in [-0.2, -0.15) is 0 Å². The summed E-state index contributed by atoms with van der Waals surface area (Å²) < 4.78 is 0. The molecule has 0 aliphatic carbocycles. The highest BCUT2D eigenvalue weighted by atomic mass is 15.4. The fraction of sp³-hybridized carbons (Fsp3) is 0.647. The maximum Gasteiger partial charge on any atom is 0.0490 e. The summed E-state index contributed by atoms with van der Waals surface area (Å²) in [5, 5.41) is 3.80. The van der Waals surface area contributed by atoms with Gasteiger partial charge in [0.25, 0.3) is 0 Å². The monoisotopic (exact) mass is 273 g/mol. The number of fused-ring (bicyclic) bond motifs is 3. The topological polar surface area (TPSA) is 18.5 Å². The summed E-state index contributed by atoms with van der Waals surface area (Å²) in [7, 11) is 0. The third kappa shape index (κ3) is 2.90. The van der Waals surface area contributed by atoms with E-state index in [9.17, 15) is 0 Å². The average molecular weight is 273 g/mol. The lowest BCUT2D eigenvalue weighted by molar-refractivity contribution is -0.00365. The molecule has 3 nitrogen and oxygen atoms in total. The van der Waals surface area contributed by atoms with Crippen molar-refractivity contribution < 1.29 is 0 Å². The molecule has 0 radical (unpaired) electrons. The first-order valence-corrected chi connectivity index (χ1v) is 8.04. The molecular formula is C17H27N3. The van der Waals surface area contributed by atoms with Gasteiger partial charge in [0.2, 0.25) is 0 Å². The molecule has 4 rings (SSSR count). The zero-order chi connectivity index (χ0) is 13.9. The van der Waals surface area contributed by atoms with E-state index in [2.05, 4.69) is 53.2 Å². The Kier molecular flexibility index (Phi) is 4.39. The molecule has 110 valence electrons. The maximum atomic E-state index is 3.80. The van der Waals surface area contributed by atoms with Gasteiger partial charge in [-0.1, -0.05) is 36.8 Å². The number of aryl methyl sites for hydroxylation is 1. The van der Waals surface area contributed by atoms with Crippen LogP contribution < -0.4 is 5.32 Å². The van der Waals surface area contributed by atoms with E-state index in [0.717, 1.165) is 6.54 Å². The van der Waals surface area contributed by atoms with E-state index in [0.29, 0.717) is 12.1 Å². The number of hydrogen-bond donors (Lipinski definition) is 1. The summed E-state index contributed by atoms with van der Waals surface area (Å²) >= 11 is 0. The van der Waals surface area contributed by atoms with Gasteiger partial charge in [0.1, 0.15) is 0 Å². The van der Waals surface area contributed by atoms with Crippen LogP contribution in [0.4, 0.5) is 0 Å². The average Bonchev–Trinajstić information content (AvgIpc) is 2.49. The minimum absolute atomic E-state index is 0.470. The van der Waals surface area contributed by atoms with E-state index in [-0.39, 0.29) is 0 Å². The number of hydrogen-bond acceptors (Lipinski definition) is 3. The minimum atomic E-state index is 0.470. The van der Waals surface area contributed by atoms with Crippen LogP contribution in [0.5, 0.6) is 0 Å². The van der Waals surface area contributed by atoms with Gasteiger partial charge in [0.15, 0.2) is 0 Å². The standard InChI is InChI=1S/C17H27N3/c1-3-7-18-17(15-6-4-5-14(2)12-15)16-13-19-8-10-20(16)11-9-19/h4-6,12,16-18H,3,7-11,13H2,1-2H3. The van der Waals surface area contributed by atoms with Crippen LogP contribution in [0.2, 0.25) is 0 Å². The fourth-order valence-corrected chi connectivity index (χ4v) is 3.61. The second kappa shape index (κ2) is 6.25. The lowest BCUT2D eigenvalue weighted by Crippen LogP contribution is -2.64. The molecular weight excluding hydrogens is 246 g/mol. The lowest BCUT2D eigenvalue weighted by atomic mass is 9.93. The zero-order valence-corrected chi connectivity index (χ0v) is 12.8. The van der Waals surface area contributed by atoms with Gasteiger partial charge in [-0.3, -0.25) is 9.80 Å². The molecule has 1 N–H and O–H groups in total. The van der Waals surface area contributed by atoms with Crippen LogP contribution >= 0.6 is 0 Å². The molecule has 20 heavy (non-hydrogen) atoms. The summed E-state index contributed by atoms with van der Waals surface area (Å²) in [6, 6.07) is 10.1. The van der Waals surface area contributed by atoms with Crippen LogP contribution in [-0.2, 0) is 0 Å². The normalized spacial score (nSPS) is 30.4. The van der Waals surface area contributed by atoms with E-state index in [4.69, 9.17) is 0 Å². The third-order valence-electron chi connectivity index (χ3n) is 4.72. The Morgan fingerprint density at radius 2 is 2.05 bits per heavy atom. The molecule has 2 unspecified atom stereocenters. The summed E-state index contributed by atoms with van der Waals surface area (Å²) in [4.78, 5) is 5.32. The largest absolute Gasteiger partial charge is 0.309 e. The highest BCUT2D eigenvalue weighted by molar-refractivity contribution is 5.27. The maximum absolute atomic E-state index is 3.80. The van der Waals surface area contributed by atoms with E-state index >= 15 is 0 Å². The van der Waals surface area contributed by atoms with Crippen LogP contribution in [0, 0.1) is 6.92 Å². The zero-order valence-electron chi connectivity index (χ0n) is 12.8. The van der Waals surface area contributed by atoms with Crippen molar-refractivity contribution in [2.24, 2.45) is 0 Å². The van der Waals surface area contributed by atoms with Crippen LogP contribution in [0.1, 0.15) is 30.5 Å². The molecule has 0 saturated carbocycles. The van der Waals surface area contributed by atoms with Gasteiger partial charge in [-0.15, -0.1) is 0 Å². The van der Waals surface area contributed by atoms with Crippen molar-refractivity contribution in [3.63, 3.8) is 0 Å². The number of rotatable bonds is 5. The van der Waals surface area contributed by atoms with Crippen LogP contribution in [0.15, 0.2) is 24.3 Å². The SMILES string of the molecule is CCCNC(c1cccc(C)c1)C1CN2CCN1CC2. The van der Waals surface area contributed by atoms with E-state index < -0.39 is 0 Å². The summed E-state index contributed by atoms with van der Waals surface area (Å²) in [6.45, 7) is 11.7. The molecule has 0 spiro atoms. The van der Waals surface area contributed by atoms with Gasteiger partial charge in [0, 0.05) is 44.8 Å². The van der Waals surface area contributed by atoms with Crippen LogP contribution in [0.3, 0.4) is 0 Å². The Morgan fingerprint density at radius 3 is 2.65 bits per heavy atom. The Morgan fingerprint density at radius 1 is 1.25 bits per heavy atom. The minimum Gasteiger partial charge on any atom is -0.309 e. The van der Waals surface area contributed by atoms with E-state index in [1.54, 1.807) is 0 Å². The summed E-state index contributed by atoms with van der Waals surface area (Å²) in [5.41, 5.74) is 2.82. The molecule has 1 aromatic rings. The predicted octanol–water partition coefficient (Wildman–Crippen LogP) is 2.04. The van der Waals surface area contributed by atoms with Gasteiger partial charge < -0.3 is 5.32 Å². The molecule has 3 aliphatic rings. The number of nitrogens with zero attached hydrogens (tertiary/aromatic N) is 2. The fourth-order valence-electron chi connectivity index (χ4n) is 3.61. The third-order valence-corrected chi connectivity index (χ3v) is 4.72. The highest BCUT2D eigenvalue weighted by Crippen LogP contribution is 2.27. The van der Waals surface area contributed by atoms with E-state index in [1.807, 2.05) is 0 Å². The van der Waals surface area contributed by atoms with Gasteiger partial charge >= 0.3 is 0 Å². The number of nitrogens with one attached hydrogen (secondary N) is 1. The van der Waals surface area contributed by atoms with Crippen molar-refractivity contribution in [3.05, 3.63) is 35.4 Å². The van der Waals surface area contributed by atoms with Gasteiger partial charge in [-0.05, 0) is 25.5 Å². The number of benzene rings is 1. The Hall–Kier alpha value is -0.900.